The minimum Gasteiger partial charge on any atom is -0.436 e. The van der Waals surface area contributed by atoms with Crippen LogP contribution in [-0.4, -0.2) is 32.5 Å². The second kappa shape index (κ2) is 12.3. The number of rotatable bonds is 9. The molecule has 0 bridgehead atoms. The molecule has 0 aliphatic carbocycles. The van der Waals surface area contributed by atoms with Crippen molar-refractivity contribution in [3.05, 3.63) is 90.0 Å². The first-order valence-electron chi connectivity index (χ1n) is 12.1. The van der Waals surface area contributed by atoms with Gasteiger partial charge in [0.2, 0.25) is 0 Å². The molecule has 0 spiro atoms. The highest BCUT2D eigenvalue weighted by atomic mass is 28.4. The van der Waals surface area contributed by atoms with E-state index in [1.807, 2.05) is 30.3 Å². The van der Waals surface area contributed by atoms with Crippen molar-refractivity contribution < 1.29 is 14.0 Å². The monoisotopic (exact) mass is 510 g/mol. The summed E-state index contributed by atoms with van der Waals surface area (Å²) in [6.07, 6.45) is 10.2. The molecule has 0 aliphatic heterocycles. The van der Waals surface area contributed by atoms with Gasteiger partial charge in [-0.25, -0.2) is 4.79 Å². The maximum Gasteiger partial charge on any atom is 0.411 e. The van der Waals surface area contributed by atoms with Crippen LogP contribution in [0.4, 0.5) is 10.5 Å². The molecule has 0 aliphatic rings. The molecule has 5 nitrogen and oxygen atoms in total. The van der Waals surface area contributed by atoms with E-state index in [0.29, 0.717) is 12.3 Å². The lowest BCUT2D eigenvalue weighted by molar-refractivity contribution is 0.116. The third-order valence-corrected chi connectivity index (χ3v) is 11.3. The molecule has 2 N–H and O–H groups in total. The van der Waals surface area contributed by atoms with Crippen LogP contribution in [0.15, 0.2) is 78.9 Å². The third kappa shape index (κ3) is 6.43. The van der Waals surface area contributed by atoms with Crippen molar-refractivity contribution >= 4 is 30.5 Å². The van der Waals surface area contributed by atoms with Gasteiger partial charge in [-0.05, 0) is 38.7 Å². The van der Waals surface area contributed by atoms with Gasteiger partial charge in [0.1, 0.15) is 0 Å². The van der Waals surface area contributed by atoms with Gasteiger partial charge >= 0.3 is 6.09 Å². The van der Waals surface area contributed by atoms with E-state index >= 15 is 0 Å². The molecule has 0 unspecified atom stereocenters. The highest BCUT2D eigenvalue weighted by Crippen LogP contribution is 2.37. The fraction of sp³-hybridized carbons (Fsp3) is 0.258. The number of hydrogen-bond donors (Lipinski definition) is 1. The van der Waals surface area contributed by atoms with Crippen LogP contribution in [0.25, 0.3) is 0 Å². The first-order valence-corrected chi connectivity index (χ1v) is 14.0. The summed E-state index contributed by atoms with van der Waals surface area (Å²) in [6, 6.07) is 26.5. The minimum atomic E-state index is -2.75. The second-order valence-corrected chi connectivity index (χ2v) is 14.1. The zero-order chi connectivity index (χ0) is 26.9. The maximum absolute atomic E-state index is 12.6. The fourth-order valence-electron chi connectivity index (χ4n) is 4.58. The third-order valence-electron chi connectivity index (χ3n) is 6.27. The summed E-state index contributed by atoms with van der Waals surface area (Å²) in [5.41, 5.74) is 8.48. The largest absolute Gasteiger partial charge is 0.436 e. The molecule has 3 aromatic carbocycles. The fourth-order valence-corrected chi connectivity index (χ4v) is 9.10. The predicted octanol–water partition coefficient (Wildman–Crippen LogP) is 4.55. The number of carbonyl (C=O) groups is 1. The van der Waals surface area contributed by atoms with E-state index in [4.69, 9.17) is 27.7 Å². The Morgan fingerprint density at radius 1 is 0.919 bits per heavy atom. The molecule has 190 valence electrons. The van der Waals surface area contributed by atoms with Gasteiger partial charge in [0, 0.05) is 5.69 Å². The lowest BCUT2D eigenvalue weighted by Crippen LogP contribution is -2.66. The van der Waals surface area contributed by atoms with Gasteiger partial charge in [-0.3, -0.25) is 4.90 Å². The molecule has 3 aromatic rings. The zero-order valence-electron chi connectivity index (χ0n) is 21.7. The molecule has 0 fully saturated rings. The highest BCUT2D eigenvalue weighted by molar-refractivity contribution is 6.99. The summed E-state index contributed by atoms with van der Waals surface area (Å²) in [5, 5.41) is 2.22. The van der Waals surface area contributed by atoms with Gasteiger partial charge in [0.15, 0.2) is 6.61 Å². The number of hydrogen-bond acceptors (Lipinski definition) is 4. The quantitative estimate of drug-likeness (QED) is 0.261. The van der Waals surface area contributed by atoms with Crippen molar-refractivity contribution in [2.24, 2.45) is 0 Å². The van der Waals surface area contributed by atoms with E-state index in [9.17, 15) is 4.79 Å². The van der Waals surface area contributed by atoms with Gasteiger partial charge in [-0.15, -0.1) is 12.8 Å². The number of nitrogens with zero attached hydrogens (tertiary/aromatic N) is 1. The Kier molecular flexibility index (Phi) is 9.19. The normalized spacial score (nSPS) is 11.3. The Labute approximate surface area is 221 Å². The van der Waals surface area contributed by atoms with Crippen molar-refractivity contribution in [1.82, 2.24) is 4.90 Å². The lowest BCUT2D eigenvalue weighted by atomic mass is 10.1. The Morgan fingerprint density at radius 3 is 2.03 bits per heavy atom. The molecular weight excluding hydrogens is 476 g/mol. The number of nitrogens with two attached hydrogens (primary N) is 1. The SMILES string of the molecule is C#CCOC(=O)N(CC#C)Cc1cc(N)ccc1CO[Si](c1ccccc1)(c1ccccc1)C(C)(C)C. The van der Waals surface area contributed by atoms with Crippen molar-refractivity contribution in [2.75, 3.05) is 18.9 Å². The van der Waals surface area contributed by atoms with Crippen LogP contribution in [-0.2, 0) is 22.3 Å². The van der Waals surface area contributed by atoms with Crippen molar-refractivity contribution in [1.29, 1.82) is 0 Å². The van der Waals surface area contributed by atoms with E-state index in [1.54, 1.807) is 0 Å². The Balaban J connectivity index is 2.03. The number of carbonyl (C=O) groups excluding carboxylic acids is 1. The molecule has 0 radical (unpaired) electrons. The topological polar surface area (TPSA) is 64.8 Å². The summed E-state index contributed by atoms with van der Waals surface area (Å²) in [7, 11) is -2.75. The van der Waals surface area contributed by atoms with Crippen molar-refractivity contribution in [3.63, 3.8) is 0 Å². The number of terminal acetylenes is 2. The van der Waals surface area contributed by atoms with E-state index < -0.39 is 14.4 Å². The summed E-state index contributed by atoms with van der Waals surface area (Å²) in [6.45, 7) is 7.22. The number of amides is 1. The molecule has 1 amide bonds. The standard InChI is InChI=1S/C31H34N2O3Si/c1-6-20-33(30(34)35-21-7-2)23-26-22-27(32)19-18-25(26)24-36-37(31(3,4)5,28-14-10-8-11-15-28)29-16-12-9-13-17-29/h1-2,8-19,22H,20-21,23-24,32H2,3-5H3. The summed E-state index contributed by atoms with van der Waals surface area (Å²) in [5.74, 6) is 4.82. The van der Waals surface area contributed by atoms with Crippen LogP contribution in [0.3, 0.4) is 0 Å². The van der Waals surface area contributed by atoms with Gasteiger partial charge in [-0.1, -0.05) is 99.3 Å². The van der Waals surface area contributed by atoms with E-state index in [2.05, 4.69) is 81.1 Å². The number of anilines is 1. The predicted molar refractivity (Wildman–Crippen MR) is 153 cm³/mol. The van der Waals surface area contributed by atoms with Gasteiger partial charge < -0.3 is 14.9 Å². The van der Waals surface area contributed by atoms with Crippen LogP contribution < -0.4 is 16.1 Å². The molecule has 37 heavy (non-hydrogen) atoms. The van der Waals surface area contributed by atoms with Crippen LogP contribution in [0.2, 0.25) is 5.04 Å². The molecule has 3 rings (SSSR count). The Bertz CT molecular complexity index is 1230. The first-order chi connectivity index (χ1) is 17.7. The highest BCUT2D eigenvalue weighted by Gasteiger charge is 2.50. The Hall–Kier alpha value is -3.97. The molecule has 0 heterocycles. The van der Waals surface area contributed by atoms with Crippen LogP contribution in [0.5, 0.6) is 0 Å². The average Bonchev–Trinajstić information content (AvgIpc) is 2.89. The molecular formula is C31H34N2O3Si. The summed E-state index contributed by atoms with van der Waals surface area (Å²) < 4.78 is 12.2. The van der Waals surface area contributed by atoms with E-state index in [-0.39, 0.29) is 24.7 Å². The van der Waals surface area contributed by atoms with Crippen molar-refractivity contribution in [2.45, 2.75) is 39.0 Å². The summed E-state index contributed by atoms with van der Waals surface area (Å²) >= 11 is 0. The lowest BCUT2D eigenvalue weighted by Gasteiger charge is -2.43. The zero-order valence-corrected chi connectivity index (χ0v) is 22.7. The van der Waals surface area contributed by atoms with Gasteiger partial charge in [-0.2, -0.15) is 0 Å². The average molecular weight is 511 g/mol. The van der Waals surface area contributed by atoms with Gasteiger partial charge in [0.25, 0.3) is 8.32 Å². The van der Waals surface area contributed by atoms with Crippen LogP contribution >= 0.6 is 0 Å². The molecule has 0 aromatic heterocycles. The van der Waals surface area contributed by atoms with Crippen LogP contribution in [0.1, 0.15) is 31.9 Å². The Morgan fingerprint density at radius 2 is 1.51 bits per heavy atom. The summed E-state index contributed by atoms with van der Waals surface area (Å²) in [4.78, 5) is 14.0. The first kappa shape index (κ1) is 27.6. The number of nitrogen functional groups attached to an aromatic ring is 1. The number of benzene rings is 3. The van der Waals surface area contributed by atoms with Crippen molar-refractivity contribution in [3.8, 4) is 24.7 Å². The molecule has 0 saturated heterocycles. The van der Waals surface area contributed by atoms with Gasteiger partial charge in [0.05, 0.1) is 19.7 Å². The number of ether oxygens (including phenoxy) is 1. The van der Waals surface area contributed by atoms with Crippen LogP contribution in [0, 0.1) is 24.7 Å². The molecule has 0 saturated carbocycles. The maximum atomic E-state index is 12.6. The second-order valence-electron chi connectivity index (χ2n) is 9.80. The van der Waals surface area contributed by atoms with E-state index in [1.165, 1.54) is 15.3 Å². The smallest absolute Gasteiger partial charge is 0.411 e. The molecule has 0 atom stereocenters. The van der Waals surface area contributed by atoms with E-state index in [0.717, 1.165) is 11.1 Å². The molecule has 6 heteroatoms. The minimum absolute atomic E-state index is 0.0766.